The van der Waals surface area contributed by atoms with Crippen molar-refractivity contribution in [1.82, 2.24) is 5.32 Å². The molecule has 104 valence electrons. The van der Waals surface area contributed by atoms with Crippen LogP contribution in [0.15, 0.2) is 0 Å². The van der Waals surface area contributed by atoms with Gasteiger partial charge in [-0.25, -0.2) is 0 Å². The van der Waals surface area contributed by atoms with Gasteiger partial charge < -0.3 is 11.1 Å². The van der Waals surface area contributed by atoms with Crippen LogP contribution in [-0.2, 0) is 4.79 Å². The fraction of sp³-hybridized carbons (Fsp3) is 0.800. The quantitative estimate of drug-likeness (QED) is 0.539. The highest BCUT2D eigenvalue weighted by atomic mass is 16.1. The van der Waals surface area contributed by atoms with Gasteiger partial charge in [0.2, 0.25) is 5.91 Å². The normalized spacial score (nSPS) is 12.5. The molecule has 0 aromatic carbocycles. The third-order valence-electron chi connectivity index (χ3n) is 3.21. The Hall–Kier alpha value is -1.01. The van der Waals surface area contributed by atoms with Gasteiger partial charge >= 0.3 is 0 Å². The molecule has 3 N–H and O–H groups in total. The number of nitrogens with one attached hydrogen (secondary N) is 1. The average Bonchev–Trinajstić information content (AvgIpc) is 2.28. The Bertz CT molecular complexity index is 294. The maximum Gasteiger partial charge on any atom is 0.220 e. The lowest BCUT2D eigenvalue weighted by Gasteiger charge is -2.30. The third-order valence-corrected chi connectivity index (χ3v) is 3.21. The van der Waals surface area contributed by atoms with E-state index in [0.717, 1.165) is 19.3 Å². The van der Waals surface area contributed by atoms with Crippen LogP contribution in [0.1, 0.15) is 53.4 Å². The van der Waals surface area contributed by atoms with Crippen LogP contribution in [0, 0.1) is 23.2 Å². The zero-order chi connectivity index (χ0) is 14.0. The highest BCUT2D eigenvalue weighted by molar-refractivity contribution is 5.75. The lowest BCUT2D eigenvalue weighted by Crippen LogP contribution is -2.28. The largest absolute Gasteiger partial charge is 0.355 e. The zero-order valence-corrected chi connectivity index (χ0v) is 12.3. The van der Waals surface area contributed by atoms with Gasteiger partial charge in [-0.15, -0.1) is 11.8 Å². The van der Waals surface area contributed by atoms with E-state index in [1.165, 1.54) is 0 Å². The molecule has 18 heavy (non-hydrogen) atoms. The van der Waals surface area contributed by atoms with Crippen LogP contribution in [0.25, 0.3) is 0 Å². The summed E-state index contributed by atoms with van der Waals surface area (Å²) in [6.07, 6.45) is 3.21. The minimum Gasteiger partial charge on any atom is -0.355 e. The SMILES string of the molecule is CC#CCCNC(=O)CCC(CCN)C(C)(C)C. The van der Waals surface area contributed by atoms with E-state index in [-0.39, 0.29) is 11.3 Å². The van der Waals surface area contributed by atoms with Crippen LogP contribution in [0.4, 0.5) is 0 Å². The Kier molecular flexibility index (Phi) is 8.49. The van der Waals surface area contributed by atoms with E-state index in [9.17, 15) is 4.79 Å². The number of carbonyl (C=O) groups excluding carboxylic acids is 1. The Balaban J connectivity index is 3.95. The summed E-state index contributed by atoms with van der Waals surface area (Å²) < 4.78 is 0. The number of nitrogens with two attached hydrogens (primary N) is 1. The molecule has 0 aromatic rings. The number of carbonyl (C=O) groups is 1. The van der Waals surface area contributed by atoms with Crippen LogP contribution < -0.4 is 11.1 Å². The lowest BCUT2D eigenvalue weighted by molar-refractivity contribution is -0.121. The summed E-state index contributed by atoms with van der Waals surface area (Å²) in [6, 6.07) is 0. The van der Waals surface area contributed by atoms with Gasteiger partial charge in [-0.2, -0.15) is 0 Å². The van der Waals surface area contributed by atoms with E-state index >= 15 is 0 Å². The maximum absolute atomic E-state index is 11.7. The van der Waals surface area contributed by atoms with Crippen LogP contribution in [0.2, 0.25) is 0 Å². The first-order chi connectivity index (χ1) is 8.41. The molecule has 1 unspecified atom stereocenters. The van der Waals surface area contributed by atoms with Gasteiger partial charge in [0.25, 0.3) is 0 Å². The first-order valence-corrected chi connectivity index (χ1v) is 6.78. The standard InChI is InChI=1S/C15H28N2O/c1-5-6-7-12-17-14(18)9-8-13(10-11-16)15(2,3)4/h13H,7-12,16H2,1-4H3,(H,17,18). The Morgan fingerprint density at radius 1 is 1.33 bits per heavy atom. The van der Waals surface area contributed by atoms with Crippen molar-refractivity contribution in [1.29, 1.82) is 0 Å². The van der Waals surface area contributed by atoms with E-state index < -0.39 is 0 Å². The molecular formula is C15H28N2O. The summed E-state index contributed by atoms with van der Waals surface area (Å²) in [5.41, 5.74) is 5.85. The molecule has 0 saturated heterocycles. The Labute approximate surface area is 112 Å². The molecule has 1 amide bonds. The molecule has 0 heterocycles. The molecule has 0 fully saturated rings. The summed E-state index contributed by atoms with van der Waals surface area (Å²) in [4.78, 5) is 11.7. The van der Waals surface area contributed by atoms with Crippen LogP contribution in [0.3, 0.4) is 0 Å². The Morgan fingerprint density at radius 3 is 2.50 bits per heavy atom. The van der Waals surface area contributed by atoms with Crippen LogP contribution >= 0.6 is 0 Å². The second kappa shape index (κ2) is 8.99. The van der Waals surface area contributed by atoms with Gasteiger partial charge in [-0.1, -0.05) is 20.8 Å². The van der Waals surface area contributed by atoms with Crippen molar-refractivity contribution < 1.29 is 4.79 Å². The van der Waals surface area contributed by atoms with Crippen molar-refractivity contribution in [2.75, 3.05) is 13.1 Å². The van der Waals surface area contributed by atoms with Gasteiger partial charge in [0.15, 0.2) is 0 Å². The molecular weight excluding hydrogens is 224 g/mol. The average molecular weight is 252 g/mol. The number of rotatable bonds is 7. The van der Waals surface area contributed by atoms with Gasteiger partial charge in [0.1, 0.15) is 0 Å². The van der Waals surface area contributed by atoms with Gasteiger partial charge in [-0.05, 0) is 37.6 Å². The van der Waals surface area contributed by atoms with Crippen LogP contribution in [0.5, 0.6) is 0 Å². The van der Waals surface area contributed by atoms with E-state index in [4.69, 9.17) is 5.73 Å². The molecule has 0 aliphatic rings. The van der Waals surface area contributed by atoms with Crippen molar-refractivity contribution in [3.8, 4) is 11.8 Å². The van der Waals surface area contributed by atoms with Crippen molar-refractivity contribution in [2.45, 2.75) is 53.4 Å². The van der Waals surface area contributed by atoms with Crippen molar-refractivity contribution >= 4 is 5.91 Å². The molecule has 0 aromatic heterocycles. The number of hydrogen-bond acceptors (Lipinski definition) is 2. The molecule has 1 atom stereocenters. The summed E-state index contributed by atoms with van der Waals surface area (Å²) in [5, 5.41) is 2.89. The molecule has 0 bridgehead atoms. The highest BCUT2D eigenvalue weighted by Gasteiger charge is 2.24. The highest BCUT2D eigenvalue weighted by Crippen LogP contribution is 2.31. The third kappa shape index (κ3) is 8.14. The van der Waals surface area contributed by atoms with Crippen molar-refractivity contribution in [3.05, 3.63) is 0 Å². The zero-order valence-electron chi connectivity index (χ0n) is 12.3. The van der Waals surface area contributed by atoms with Crippen molar-refractivity contribution in [3.63, 3.8) is 0 Å². The van der Waals surface area contributed by atoms with E-state index in [1.807, 2.05) is 6.92 Å². The molecule has 0 spiro atoms. The molecule has 0 radical (unpaired) electrons. The number of amides is 1. The maximum atomic E-state index is 11.7. The van der Waals surface area contributed by atoms with E-state index in [2.05, 4.69) is 37.9 Å². The molecule has 3 nitrogen and oxygen atoms in total. The summed E-state index contributed by atoms with van der Waals surface area (Å²) in [6.45, 7) is 9.78. The minimum atomic E-state index is 0.124. The molecule has 0 aliphatic carbocycles. The first kappa shape index (κ1) is 17.0. The lowest BCUT2D eigenvalue weighted by atomic mass is 9.76. The summed E-state index contributed by atoms with van der Waals surface area (Å²) in [5.74, 6) is 6.37. The predicted molar refractivity (Wildman–Crippen MR) is 76.9 cm³/mol. The molecule has 0 aliphatic heterocycles. The summed E-state index contributed by atoms with van der Waals surface area (Å²) >= 11 is 0. The fourth-order valence-corrected chi connectivity index (χ4v) is 1.99. The van der Waals surface area contributed by atoms with Crippen molar-refractivity contribution in [2.24, 2.45) is 17.1 Å². The monoisotopic (exact) mass is 252 g/mol. The molecule has 0 rings (SSSR count). The smallest absolute Gasteiger partial charge is 0.220 e. The summed E-state index contributed by atoms with van der Waals surface area (Å²) in [7, 11) is 0. The first-order valence-electron chi connectivity index (χ1n) is 6.78. The predicted octanol–water partition coefficient (Wildman–Crippen LogP) is 2.31. The molecule has 3 heteroatoms. The fourth-order valence-electron chi connectivity index (χ4n) is 1.99. The van der Waals surface area contributed by atoms with E-state index in [0.29, 0.717) is 25.4 Å². The van der Waals surface area contributed by atoms with Gasteiger partial charge in [0, 0.05) is 19.4 Å². The van der Waals surface area contributed by atoms with Gasteiger partial charge in [0.05, 0.1) is 0 Å². The minimum absolute atomic E-state index is 0.124. The second-order valence-electron chi connectivity index (χ2n) is 5.71. The number of hydrogen-bond donors (Lipinski definition) is 2. The molecule has 0 saturated carbocycles. The topological polar surface area (TPSA) is 55.1 Å². The Morgan fingerprint density at radius 2 is 2.00 bits per heavy atom. The van der Waals surface area contributed by atoms with E-state index in [1.54, 1.807) is 0 Å². The second-order valence-corrected chi connectivity index (χ2v) is 5.71. The van der Waals surface area contributed by atoms with Gasteiger partial charge in [-0.3, -0.25) is 4.79 Å². The van der Waals surface area contributed by atoms with Crippen LogP contribution in [-0.4, -0.2) is 19.0 Å².